The molecule has 122 valence electrons. The minimum absolute atomic E-state index is 0. The molecule has 2 amide bonds. The molecule has 0 unspecified atom stereocenters. The maximum absolute atomic E-state index is 12.0. The maximum Gasteiger partial charge on any atom is 0.275 e. The molecule has 3 aromatic heterocycles. The molecule has 0 saturated heterocycles. The molecule has 0 bridgehead atoms. The van der Waals surface area contributed by atoms with E-state index < -0.39 is 5.91 Å². The van der Waals surface area contributed by atoms with E-state index in [1.165, 1.54) is 23.7 Å². The molecule has 0 spiro atoms. The third-order valence-corrected chi connectivity index (χ3v) is 5.26. The van der Waals surface area contributed by atoms with Gasteiger partial charge in [0.15, 0.2) is 5.82 Å². The van der Waals surface area contributed by atoms with Gasteiger partial charge in [-0.15, -0.1) is 35.1 Å². The van der Waals surface area contributed by atoms with E-state index in [4.69, 9.17) is 0 Å². The van der Waals surface area contributed by atoms with Crippen LogP contribution in [0.2, 0.25) is 0 Å². The molecular weight excluding hydrogens is 368 g/mol. The fourth-order valence-corrected chi connectivity index (χ4v) is 4.10. The van der Waals surface area contributed by atoms with Gasteiger partial charge in [-0.3, -0.25) is 15.0 Å². The molecule has 9 heteroatoms. The zero-order valence-electron chi connectivity index (χ0n) is 12.3. The lowest BCUT2D eigenvalue weighted by atomic mass is 10.2. The highest BCUT2D eigenvalue weighted by Gasteiger charge is 2.29. The van der Waals surface area contributed by atoms with E-state index in [2.05, 4.69) is 15.4 Å². The summed E-state index contributed by atoms with van der Waals surface area (Å²) in [4.78, 5) is 34.3. The molecule has 24 heavy (non-hydrogen) atoms. The summed E-state index contributed by atoms with van der Waals surface area (Å²) in [5.74, 6) is -0.314. The summed E-state index contributed by atoms with van der Waals surface area (Å²) in [6.45, 7) is 1.61. The molecule has 1 N–H and O–H groups in total. The molecule has 0 atom stereocenters. The lowest BCUT2D eigenvalue weighted by Crippen LogP contribution is -2.36. The van der Waals surface area contributed by atoms with Gasteiger partial charge >= 0.3 is 0 Å². The van der Waals surface area contributed by atoms with Gasteiger partial charge in [-0.1, -0.05) is 6.07 Å². The van der Waals surface area contributed by atoms with E-state index in [9.17, 15) is 9.59 Å². The number of hydrogen-bond donors (Lipinski definition) is 1. The van der Waals surface area contributed by atoms with Crippen molar-refractivity contribution in [1.29, 1.82) is 0 Å². The van der Waals surface area contributed by atoms with Crippen LogP contribution in [0.5, 0.6) is 0 Å². The summed E-state index contributed by atoms with van der Waals surface area (Å²) < 4.78 is 0. The number of imide groups is 1. The van der Waals surface area contributed by atoms with Crippen LogP contribution in [0.1, 0.15) is 6.92 Å². The highest BCUT2D eigenvalue weighted by Crippen LogP contribution is 2.38. The highest BCUT2D eigenvalue weighted by molar-refractivity contribution is 7.18. The molecule has 6 nitrogen and oxygen atoms in total. The van der Waals surface area contributed by atoms with Crippen molar-refractivity contribution in [3.63, 3.8) is 0 Å². The zero-order chi connectivity index (χ0) is 16.0. The molecule has 0 aromatic carbocycles. The van der Waals surface area contributed by atoms with Crippen LogP contribution in [-0.2, 0) is 9.59 Å². The smallest absolute Gasteiger partial charge is 0.271 e. The van der Waals surface area contributed by atoms with Crippen molar-refractivity contribution in [2.75, 3.05) is 5.43 Å². The molecule has 0 saturated carbocycles. The normalized spacial score (nSPS) is 14.0. The third-order valence-electron chi connectivity index (χ3n) is 3.48. The Hall–Kier alpha value is -2.29. The minimum Gasteiger partial charge on any atom is -0.271 e. The van der Waals surface area contributed by atoms with E-state index in [0.29, 0.717) is 11.4 Å². The molecule has 1 aliphatic rings. The molecule has 0 aliphatic carbocycles. The lowest BCUT2D eigenvalue weighted by molar-refractivity contribution is -0.135. The largest absolute Gasteiger partial charge is 0.275 e. The number of halogens is 1. The predicted molar refractivity (Wildman–Crippen MR) is 97.2 cm³/mol. The Kier molecular flexibility index (Phi) is 4.35. The van der Waals surface area contributed by atoms with Crippen molar-refractivity contribution in [3.05, 3.63) is 40.9 Å². The number of amides is 2. The van der Waals surface area contributed by atoms with E-state index in [-0.39, 0.29) is 18.3 Å². The van der Waals surface area contributed by atoms with Crippen molar-refractivity contribution in [2.24, 2.45) is 0 Å². The number of rotatable bonds is 3. The Balaban J connectivity index is 0.00000169. The van der Waals surface area contributed by atoms with Crippen LogP contribution < -0.4 is 5.43 Å². The van der Waals surface area contributed by atoms with Gasteiger partial charge in [-0.2, -0.15) is 5.01 Å². The molecule has 0 fully saturated rings. The van der Waals surface area contributed by atoms with Crippen molar-refractivity contribution in [1.82, 2.24) is 15.0 Å². The van der Waals surface area contributed by atoms with Gasteiger partial charge in [0.25, 0.3) is 11.8 Å². The number of nitrogens with one attached hydrogen (secondary N) is 1. The van der Waals surface area contributed by atoms with Crippen LogP contribution in [0.25, 0.3) is 20.7 Å². The third kappa shape index (κ3) is 2.58. The van der Waals surface area contributed by atoms with Crippen LogP contribution in [0, 0.1) is 0 Å². The average molecular weight is 379 g/mol. The van der Waals surface area contributed by atoms with Gasteiger partial charge in [-0.25, -0.2) is 9.97 Å². The van der Waals surface area contributed by atoms with Gasteiger partial charge < -0.3 is 0 Å². The van der Waals surface area contributed by atoms with Gasteiger partial charge in [0.05, 0.1) is 5.39 Å². The Labute approximate surface area is 151 Å². The van der Waals surface area contributed by atoms with E-state index >= 15 is 0 Å². The summed E-state index contributed by atoms with van der Waals surface area (Å²) in [5.41, 5.74) is 4.24. The van der Waals surface area contributed by atoms with E-state index in [0.717, 1.165) is 25.7 Å². The number of hydrazine groups is 1. The zero-order valence-corrected chi connectivity index (χ0v) is 14.8. The number of thiophene rings is 2. The molecule has 4 heterocycles. The van der Waals surface area contributed by atoms with Crippen molar-refractivity contribution < 1.29 is 9.59 Å². The molecule has 4 rings (SSSR count). The Morgan fingerprint density at radius 1 is 1.21 bits per heavy atom. The van der Waals surface area contributed by atoms with Crippen molar-refractivity contribution in [3.8, 4) is 10.4 Å². The molecule has 3 aromatic rings. The number of fused-ring (bicyclic) bond motifs is 1. The first-order valence-electron chi connectivity index (χ1n) is 6.74. The second-order valence-electron chi connectivity index (χ2n) is 4.95. The monoisotopic (exact) mass is 378 g/mol. The van der Waals surface area contributed by atoms with Crippen LogP contribution in [-0.4, -0.2) is 26.8 Å². The van der Waals surface area contributed by atoms with Gasteiger partial charge in [-0.05, 0) is 18.4 Å². The van der Waals surface area contributed by atoms with Crippen molar-refractivity contribution in [2.45, 2.75) is 6.92 Å². The van der Waals surface area contributed by atoms with Gasteiger partial charge in [0, 0.05) is 27.5 Å². The summed E-state index contributed by atoms with van der Waals surface area (Å²) >= 11 is 3.11. The molecular formula is C15H11ClN4O2S2. The fraction of sp³-hybridized carbons (Fsp3) is 0.0667. The Morgan fingerprint density at radius 2 is 2.04 bits per heavy atom. The van der Waals surface area contributed by atoms with Gasteiger partial charge in [0.2, 0.25) is 0 Å². The first-order valence-corrected chi connectivity index (χ1v) is 8.50. The number of nitrogens with zero attached hydrogens (tertiary/aromatic N) is 3. The van der Waals surface area contributed by atoms with Crippen molar-refractivity contribution >= 4 is 62.9 Å². The Bertz CT molecular complexity index is 965. The van der Waals surface area contributed by atoms with E-state index in [1.807, 2.05) is 22.9 Å². The summed E-state index contributed by atoms with van der Waals surface area (Å²) in [6.07, 6.45) is 2.73. The number of aromatic nitrogens is 2. The lowest BCUT2D eigenvalue weighted by Gasteiger charge is -2.16. The fourth-order valence-electron chi connectivity index (χ4n) is 2.37. The summed E-state index contributed by atoms with van der Waals surface area (Å²) in [7, 11) is 0. The quantitative estimate of drug-likeness (QED) is 0.706. The number of carbonyl (C=O) groups is 2. The summed E-state index contributed by atoms with van der Waals surface area (Å²) in [5, 5.41) is 5.79. The second-order valence-corrected chi connectivity index (χ2v) is 6.75. The van der Waals surface area contributed by atoms with Crippen LogP contribution in [0.3, 0.4) is 0 Å². The predicted octanol–water partition coefficient (Wildman–Crippen LogP) is 3.48. The molecule has 1 aliphatic heterocycles. The van der Waals surface area contributed by atoms with E-state index in [1.54, 1.807) is 18.3 Å². The topological polar surface area (TPSA) is 75.2 Å². The standard InChI is InChI=1S/C15H10N4O2S2.ClH/c1-8-5-11(20)19(15(8)21)18-13-12-9(10-3-2-4-22-10)6-23-14(12)17-7-16-13;/h2-7H,1H3,(H,16,17,18);1H. The first kappa shape index (κ1) is 16.6. The number of anilines is 1. The van der Waals surface area contributed by atoms with Gasteiger partial charge in [0.1, 0.15) is 11.2 Å². The number of hydrogen-bond acceptors (Lipinski definition) is 7. The second kappa shape index (κ2) is 6.31. The van der Waals surface area contributed by atoms with Crippen LogP contribution >= 0.6 is 35.1 Å². The average Bonchev–Trinajstić information content (AvgIpc) is 3.24. The maximum atomic E-state index is 12.0. The van der Waals surface area contributed by atoms with Crippen LogP contribution in [0.4, 0.5) is 5.82 Å². The molecule has 0 radical (unpaired) electrons. The first-order chi connectivity index (χ1) is 11.1. The number of carbonyl (C=O) groups excluding carboxylic acids is 2. The highest BCUT2D eigenvalue weighted by atomic mass is 35.5. The van der Waals surface area contributed by atoms with Crippen LogP contribution in [0.15, 0.2) is 40.9 Å². The SMILES string of the molecule is CC1=CC(=O)N(Nc2ncnc3scc(-c4cccs4)c23)C1=O.Cl. The minimum atomic E-state index is -0.396. The Morgan fingerprint density at radius 3 is 2.71 bits per heavy atom. The summed E-state index contributed by atoms with van der Waals surface area (Å²) in [6, 6.07) is 3.99.